The molecule has 0 unspecified atom stereocenters. The Hall–Kier alpha value is -0.160. The number of fused-ring (bicyclic) bond motifs is 7. The summed E-state index contributed by atoms with van der Waals surface area (Å²) in [5.41, 5.74) is 0.0157. The molecule has 0 aromatic heterocycles. The summed E-state index contributed by atoms with van der Waals surface area (Å²) in [4.78, 5) is 0. The van der Waals surface area contributed by atoms with Crippen LogP contribution in [0, 0.1) is 46.3 Å². The summed E-state index contributed by atoms with van der Waals surface area (Å²) in [7, 11) is 0. The van der Waals surface area contributed by atoms with Crippen LogP contribution >= 0.6 is 0 Å². The summed E-state index contributed by atoms with van der Waals surface area (Å²) in [5, 5.41) is 21.8. The molecule has 5 rings (SSSR count). The lowest BCUT2D eigenvalue weighted by atomic mass is 9.43. The van der Waals surface area contributed by atoms with E-state index in [1.807, 2.05) is 27.7 Å². The topological polar surface area (TPSA) is 58.9 Å². The molecule has 11 atom stereocenters. The lowest BCUT2D eigenvalue weighted by Gasteiger charge is -2.63. The highest BCUT2D eigenvalue weighted by Crippen LogP contribution is 2.69. The summed E-state index contributed by atoms with van der Waals surface area (Å²) < 4.78 is 12.7. The van der Waals surface area contributed by atoms with E-state index in [4.69, 9.17) is 9.47 Å². The monoisotopic (exact) mass is 476 g/mol. The van der Waals surface area contributed by atoms with Crippen molar-refractivity contribution in [1.82, 2.24) is 0 Å². The second kappa shape index (κ2) is 8.43. The van der Waals surface area contributed by atoms with Gasteiger partial charge in [-0.05, 0) is 119 Å². The van der Waals surface area contributed by atoms with Crippen molar-refractivity contribution in [3.05, 3.63) is 0 Å². The zero-order valence-electron chi connectivity index (χ0n) is 23.0. The van der Waals surface area contributed by atoms with Gasteiger partial charge in [0, 0.05) is 5.92 Å². The smallest absolute Gasteiger partial charge is 0.163 e. The van der Waals surface area contributed by atoms with Gasteiger partial charge in [-0.1, -0.05) is 33.6 Å². The van der Waals surface area contributed by atoms with Crippen LogP contribution in [-0.2, 0) is 9.47 Å². The van der Waals surface area contributed by atoms with E-state index >= 15 is 0 Å². The number of hydrogen-bond donors (Lipinski definition) is 2. The molecule has 0 aromatic carbocycles. The maximum atomic E-state index is 11.6. The Kier molecular flexibility index (Phi) is 6.32. The third kappa shape index (κ3) is 4.11. The molecule has 4 nitrogen and oxygen atoms in total. The molecule has 1 aliphatic heterocycles. The Morgan fingerprint density at radius 1 is 0.941 bits per heavy atom. The Bertz CT molecular complexity index is 757. The summed E-state index contributed by atoms with van der Waals surface area (Å²) in [5.74, 6) is 3.28. The SMILES string of the molecule is C[C@H](CCCC(C)(C)O)[C@H]1CC[C@H]2[C@@H]3C[C@H](O)[C@H]4[C@H]5OC(C)(C)O[C@H]5CC[C@]4(C)[C@H]3CC[C@]12C. The van der Waals surface area contributed by atoms with Gasteiger partial charge >= 0.3 is 0 Å². The largest absolute Gasteiger partial charge is 0.393 e. The molecule has 0 radical (unpaired) electrons. The standard InChI is InChI=1S/C30H52O4/c1-18(9-8-14-27(2,3)32)20-10-11-21-19-17-23(31)25-26-24(33-28(4,5)34-26)13-16-30(25,7)22(19)12-15-29(20,21)6/h18-26,31-32H,8-17H2,1-7H3/t18-,19+,20-,21+,22+,23+,24+,25+,26+,29-,30-/m1/s1. The summed E-state index contributed by atoms with van der Waals surface area (Å²) >= 11 is 0. The average molecular weight is 477 g/mol. The van der Waals surface area contributed by atoms with Crippen LogP contribution in [0.25, 0.3) is 0 Å². The van der Waals surface area contributed by atoms with Crippen LogP contribution in [0.15, 0.2) is 0 Å². The van der Waals surface area contributed by atoms with Crippen LogP contribution in [0.5, 0.6) is 0 Å². The van der Waals surface area contributed by atoms with E-state index in [9.17, 15) is 10.2 Å². The number of ether oxygens (including phenoxy) is 2. The van der Waals surface area contributed by atoms with Gasteiger partial charge in [-0.2, -0.15) is 0 Å². The molecular formula is C30H52O4. The number of hydrogen-bond acceptors (Lipinski definition) is 4. The summed E-state index contributed by atoms with van der Waals surface area (Å²) in [6, 6.07) is 0. The van der Waals surface area contributed by atoms with Crippen LogP contribution < -0.4 is 0 Å². The van der Waals surface area contributed by atoms with E-state index in [0.29, 0.717) is 23.2 Å². The van der Waals surface area contributed by atoms with Crippen LogP contribution in [0.3, 0.4) is 0 Å². The number of rotatable bonds is 5. The lowest BCUT2D eigenvalue weighted by molar-refractivity contribution is -0.203. The quantitative estimate of drug-likeness (QED) is 0.487. The van der Waals surface area contributed by atoms with Gasteiger partial charge in [0.2, 0.25) is 0 Å². The molecule has 4 saturated carbocycles. The van der Waals surface area contributed by atoms with Crippen LogP contribution in [0.2, 0.25) is 0 Å². The van der Waals surface area contributed by atoms with Crippen molar-refractivity contribution in [2.45, 2.75) is 142 Å². The van der Waals surface area contributed by atoms with Crippen molar-refractivity contribution >= 4 is 0 Å². The fourth-order valence-electron chi connectivity index (χ4n) is 10.4. The Labute approximate surface area is 208 Å². The van der Waals surface area contributed by atoms with E-state index in [1.54, 1.807) is 0 Å². The molecular weight excluding hydrogens is 424 g/mol. The highest BCUT2D eigenvalue weighted by molar-refractivity contribution is 5.14. The van der Waals surface area contributed by atoms with Crippen molar-refractivity contribution in [3.8, 4) is 0 Å². The first-order valence-electron chi connectivity index (χ1n) is 14.5. The normalized spacial score (nSPS) is 50.7. The molecule has 2 N–H and O–H groups in total. The maximum absolute atomic E-state index is 11.6. The zero-order chi connectivity index (χ0) is 24.7. The van der Waals surface area contributed by atoms with Gasteiger partial charge in [0.15, 0.2) is 5.79 Å². The van der Waals surface area contributed by atoms with Gasteiger partial charge in [-0.3, -0.25) is 0 Å². The Morgan fingerprint density at radius 3 is 2.32 bits per heavy atom. The van der Waals surface area contributed by atoms with Gasteiger partial charge in [-0.15, -0.1) is 0 Å². The van der Waals surface area contributed by atoms with Crippen molar-refractivity contribution in [2.24, 2.45) is 46.3 Å². The Balaban J connectivity index is 1.33. The average Bonchev–Trinajstić information content (AvgIpc) is 3.21. The van der Waals surface area contributed by atoms with E-state index < -0.39 is 11.4 Å². The second-order valence-corrected chi connectivity index (χ2v) is 14.8. The molecule has 1 saturated heterocycles. The highest BCUT2D eigenvalue weighted by Gasteiger charge is 2.66. The molecule has 0 aromatic rings. The molecule has 0 spiro atoms. The van der Waals surface area contributed by atoms with Crippen molar-refractivity contribution in [3.63, 3.8) is 0 Å². The molecule has 196 valence electrons. The van der Waals surface area contributed by atoms with Gasteiger partial charge in [-0.25, -0.2) is 0 Å². The van der Waals surface area contributed by atoms with Gasteiger partial charge in [0.25, 0.3) is 0 Å². The first-order chi connectivity index (χ1) is 15.8. The van der Waals surface area contributed by atoms with Crippen molar-refractivity contribution in [1.29, 1.82) is 0 Å². The van der Waals surface area contributed by atoms with Crippen LogP contribution in [-0.4, -0.2) is 39.9 Å². The minimum absolute atomic E-state index is 0.0464. The van der Waals surface area contributed by atoms with E-state index in [2.05, 4.69) is 20.8 Å². The number of aliphatic hydroxyl groups excluding tert-OH is 1. The Morgan fingerprint density at radius 2 is 1.62 bits per heavy atom. The molecule has 1 heterocycles. The third-order valence-electron chi connectivity index (χ3n) is 11.7. The van der Waals surface area contributed by atoms with Gasteiger partial charge in [0.05, 0.1) is 23.9 Å². The molecule has 5 aliphatic rings. The predicted octanol–water partition coefficient (Wildman–Crippen LogP) is 6.32. The predicted molar refractivity (Wildman–Crippen MR) is 135 cm³/mol. The minimum Gasteiger partial charge on any atom is -0.393 e. The summed E-state index contributed by atoms with van der Waals surface area (Å²) in [6.07, 6.45) is 11.7. The second-order valence-electron chi connectivity index (χ2n) is 14.8. The van der Waals surface area contributed by atoms with E-state index in [0.717, 1.165) is 43.9 Å². The molecule has 0 bridgehead atoms. The third-order valence-corrected chi connectivity index (χ3v) is 11.7. The van der Waals surface area contributed by atoms with Crippen LogP contribution in [0.4, 0.5) is 0 Å². The molecule has 0 amide bonds. The first kappa shape index (κ1) is 25.5. The van der Waals surface area contributed by atoms with E-state index in [1.165, 1.54) is 32.1 Å². The van der Waals surface area contributed by atoms with Crippen molar-refractivity contribution in [2.75, 3.05) is 0 Å². The molecule has 34 heavy (non-hydrogen) atoms. The fourth-order valence-corrected chi connectivity index (χ4v) is 10.4. The molecule has 4 aliphatic carbocycles. The first-order valence-corrected chi connectivity index (χ1v) is 14.5. The fraction of sp³-hybridized carbons (Fsp3) is 1.00. The highest BCUT2D eigenvalue weighted by atomic mass is 16.8. The van der Waals surface area contributed by atoms with Crippen molar-refractivity contribution < 1.29 is 19.7 Å². The van der Waals surface area contributed by atoms with Gasteiger partial charge < -0.3 is 19.7 Å². The summed E-state index contributed by atoms with van der Waals surface area (Å²) in [6.45, 7) is 15.5. The lowest BCUT2D eigenvalue weighted by Crippen LogP contribution is -2.62. The minimum atomic E-state index is -0.549. The molecule has 5 fully saturated rings. The zero-order valence-corrected chi connectivity index (χ0v) is 23.0. The number of aliphatic hydroxyl groups is 2. The van der Waals surface area contributed by atoms with Crippen LogP contribution in [0.1, 0.15) is 113 Å². The van der Waals surface area contributed by atoms with Gasteiger partial charge in [0.1, 0.15) is 0 Å². The maximum Gasteiger partial charge on any atom is 0.163 e. The molecule has 4 heteroatoms. The van der Waals surface area contributed by atoms with E-state index in [-0.39, 0.29) is 29.6 Å².